The van der Waals surface area contributed by atoms with Crippen LogP contribution in [0.2, 0.25) is 0 Å². The standard InChI is InChI=1S/C25H52N2O/c1-12-17(4)19(6)22(9)25(11,24(28)27-15-13-14-26)23(10)21(8)20(7)18(5)16(2)3/h16-23H,12-15,26H2,1-11H3,(H,27,28). The molecule has 3 heteroatoms. The lowest BCUT2D eigenvalue weighted by Gasteiger charge is -2.47. The predicted octanol–water partition coefficient (Wildman–Crippen LogP) is 5.98. The number of nitrogens with one attached hydrogen (secondary N) is 1. The van der Waals surface area contributed by atoms with Gasteiger partial charge in [-0.1, -0.05) is 82.6 Å². The van der Waals surface area contributed by atoms with Crippen LogP contribution in [-0.4, -0.2) is 19.0 Å². The quantitative estimate of drug-likeness (QED) is 0.376. The van der Waals surface area contributed by atoms with Gasteiger partial charge in [0.25, 0.3) is 0 Å². The Morgan fingerprint density at radius 1 is 0.857 bits per heavy atom. The molecule has 0 aliphatic rings. The number of hydrogen-bond acceptors (Lipinski definition) is 2. The van der Waals surface area contributed by atoms with Gasteiger partial charge in [-0.15, -0.1) is 0 Å². The summed E-state index contributed by atoms with van der Waals surface area (Å²) in [4.78, 5) is 13.5. The summed E-state index contributed by atoms with van der Waals surface area (Å²) >= 11 is 0. The minimum absolute atomic E-state index is 0.215. The summed E-state index contributed by atoms with van der Waals surface area (Å²) < 4.78 is 0. The van der Waals surface area contributed by atoms with Crippen LogP contribution in [0, 0.1) is 52.8 Å². The molecule has 8 atom stereocenters. The van der Waals surface area contributed by atoms with Gasteiger partial charge >= 0.3 is 0 Å². The SMILES string of the molecule is CCC(C)C(C)C(C)C(C)(C(=O)NCCCN)C(C)C(C)C(C)C(C)C(C)C. The molecule has 8 unspecified atom stereocenters. The summed E-state index contributed by atoms with van der Waals surface area (Å²) in [5, 5.41) is 3.22. The third kappa shape index (κ3) is 6.47. The first kappa shape index (κ1) is 27.4. The van der Waals surface area contributed by atoms with Gasteiger partial charge in [0, 0.05) is 6.54 Å². The smallest absolute Gasteiger partial charge is 0.226 e. The number of rotatable bonds is 13. The second-order valence-electron chi connectivity index (χ2n) is 10.3. The average molecular weight is 397 g/mol. The van der Waals surface area contributed by atoms with Crippen molar-refractivity contribution in [1.82, 2.24) is 5.32 Å². The van der Waals surface area contributed by atoms with Crippen molar-refractivity contribution in [2.45, 2.75) is 89.0 Å². The van der Waals surface area contributed by atoms with Crippen molar-refractivity contribution in [3.05, 3.63) is 0 Å². The lowest BCUT2D eigenvalue weighted by Crippen LogP contribution is -2.52. The number of carbonyl (C=O) groups excluding carboxylic acids is 1. The van der Waals surface area contributed by atoms with Crippen LogP contribution in [0.4, 0.5) is 0 Å². The topological polar surface area (TPSA) is 55.1 Å². The lowest BCUT2D eigenvalue weighted by atomic mass is 9.57. The van der Waals surface area contributed by atoms with E-state index in [4.69, 9.17) is 5.73 Å². The molecule has 3 N–H and O–H groups in total. The van der Waals surface area contributed by atoms with Gasteiger partial charge in [-0.25, -0.2) is 0 Å². The van der Waals surface area contributed by atoms with Crippen LogP contribution in [0.5, 0.6) is 0 Å². The molecule has 0 aliphatic heterocycles. The first-order valence-electron chi connectivity index (χ1n) is 11.9. The molecule has 0 fully saturated rings. The minimum Gasteiger partial charge on any atom is -0.356 e. The summed E-state index contributed by atoms with van der Waals surface area (Å²) in [7, 11) is 0. The fourth-order valence-electron chi connectivity index (χ4n) is 4.82. The van der Waals surface area contributed by atoms with E-state index >= 15 is 0 Å². The number of carbonyl (C=O) groups is 1. The molecule has 0 bridgehead atoms. The van der Waals surface area contributed by atoms with Crippen LogP contribution in [-0.2, 0) is 4.79 Å². The third-order valence-corrected chi connectivity index (χ3v) is 8.88. The van der Waals surface area contributed by atoms with Crippen LogP contribution < -0.4 is 11.1 Å². The molecule has 0 radical (unpaired) electrons. The Hall–Kier alpha value is -0.570. The highest BCUT2D eigenvalue weighted by Crippen LogP contribution is 2.48. The maximum absolute atomic E-state index is 13.5. The summed E-state index contributed by atoms with van der Waals surface area (Å²) in [6, 6.07) is 0. The molecular weight excluding hydrogens is 344 g/mol. The Morgan fingerprint density at radius 2 is 1.36 bits per heavy atom. The van der Waals surface area contributed by atoms with Gasteiger partial charge in [0.1, 0.15) is 0 Å². The summed E-state index contributed by atoms with van der Waals surface area (Å²) in [5.41, 5.74) is 5.26. The van der Waals surface area contributed by atoms with Crippen LogP contribution in [0.25, 0.3) is 0 Å². The van der Waals surface area contributed by atoms with Gasteiger partial charge in [0.15, 0.2) is 0 Å². The molecule has 0 saturated heterocycles. The monoisotopic (exact) mass is 396 g/mol. The molecule has 0 spiro atoms. The molecule has 0 rings (SSSR count). The zero-order valence-corrected chi connectivity index (χ0v) is 20.9. The Labute approximate surface area is 177 Å². The fourth-order valence-corrected chi connectivity index (χ4v) is 4.82. The maximum Gasteiger partial charge on any atom is 0.226 e. The van der Waals surface area contributed by atoms with Crippen molar-refractivity contribution < 1.29 is 4.79 Å². The second kappa shape index (κ2) is 12.2. The van der Waals surface area contributed by atoms with Crippen LogP contribution in [0.3, 0.4) is 0 Å². The normalized spacial score (nSPS) is 21.9. The second-order valence-corrected chi connectivity index (χ2v) is 10.3. The molecule has 0 aromatic heterocycles. The van der Waals surface area contributed by atoms with E-state index in [1.165, 1.54) is 0 Å². The highest BCUT2D eigenvalue weighted by atomic mass is 16.2. The summed E-state index contributed by atoms with van der Waals surface area (Å²) in [6.45, 7) is 26.8. The molecule has 0 saturated carbocycles. The summed E-state index contributed by atoms with van der Waals surface area (Å²) in [6.07, 6.45) is 1.99. The van der Waals surface area contributed by atoms with E-state index in [-0.39, 0.29) is 11.3 Å². The minimum atomic E-state index is -0.387. The van der Waals surface area contributed by atoms with Crippen LogP contribution >= 0.6 is 0 Å². The van der Waals surface area contributed by atoms with Crippen molar-refractivity contribution >= 4 is 5.91 Å². The number of hydrogen-bond donors (Lipinski definition) is 2. The number of amides is 1. The molecule has 0 heterocycles. The van der Waals surface area contributed by atoms with Crippen molar-refractivity contribution in [3.8, 4) is 0 Å². The van der Waals surface area contributed by atoms with Crippen LogP contribution in [0.1, 0.15) is 89.0 Å². The van der Waals surface area contributed by atoms with E-state index in [0.717, 1.165) is 12.8 Å². The molecule has 168 valence electrons. The molecule has 0 aromatic rings. The first-order chi connectivity index (χ1) is 12.9. The Bertz CT molecular complexity index is 450. The summed E-state index contributed by atoms with van der Waals surface area (Å²) in [5.74, 6) is 4.32. The van der Waals surface area contributed by atoms with E-state index in [0.29, 0.717) is 60.4 Å². The highest BCUT2D eigenvalue weighted by Gasteiger charge is 2.48. The van der Waals surface area contributed by atoms with Gasteiger partial charge < -0.3 is 11.1 Å². The van der Waals surface area contributed by atoms with E-state index in [1.807, 2.05) is 0 Å². The Kier molecular flexibility index (Phi) is 12.0. The molecule has 28 heavy (non-hydrogen) atoms. The largest absolute Gasteiger partial charge is 0.356 e. The maximum atomic E-state index is 13.5. The third-order valence-electron chi connectivity index (χ3n) is 8.88. The van der Waals surface area contributed by atoms with E-state index in [1.54, 1.807) is 0 Å². The Balaban J connectivity index is 5.83. The van der Waals surface area contributed by atoms with Gasteiger partial charge in [-0.2, -0.15) is 0 Å². The fraction of sp³-hybridized carbons (Fsp3) is 0.960. The van der Waals surface area contributed by atoms with Gasteiger partial charge in [-0.3, -0.25) is 4.79 Å². The van der Waals surface area contributed by atoms with Gasteiger partial charge in [-0.05, 0) is 60.3 Å². The highest BCUT2D eigenvalue weighted by molar-refractivity contribution is 5.83. The van der Waals surface area contributed by atoms with Crippen LogP contribution in [0.15, 0.2) is 0 Å². The zero-order valence-electron chi connectivity index (χ0n) is 20.9. The van der Waals surface area contributed by atoms with Crippen molar-refractivity contribution in [1.29, 1.82) is 0 Å². The molecule has 1 amide bonds. The zero-order chi connectivity index (χ0) is 22.2. The molecular formula is C25H52N2O. The first-order valence-corrected chi connectivity index (χ1v) is 11.9. The van der Waals surface area contributed by atoms with E-state index in [2.05, 4.69) is 81.5 Å². The lowest BCUT2D eigenvalue weighted by molar-refractivity contribution is -0.141. The van der Waals surface area contributed by atoms with Crippen molar-refractivity contribution in [2.75, 3.05) is 13.1 Å². The number of nitrogens with two attached hydrogens (primary N) is 1. The molecule has 0 aromatic carbocycles. The van der Waals surface area contributed by atoms with Gasteiger partial charge in [0.2, 0.25) is 5.91 Å². The predicted molar refractivity (Wildman–Crippen MR) is 124 cm³/mol. The Morgan fingerprint density at radius 3 is 1.79 bits per heavy atom. The molecule has 0 aliphatic carbocycles. The van der Waals surface area contributed by atoms with Crippen molar-refractivity contribution in [2.24, 2.45) is 58.5 Å². The van der Waals surface area contributed by atoms with Gasteiger partial charge in [0.05, 0.1) is 5.41 Å². The van der Waals surface area contributed by atoms with E-state index in [9.17, 15) is 4.79 Å². The van der Waals surface area contributed by atoms with E-state index < -0.39 is 0 Å². The van der Waals surface area contributed by atoms with Crippen molar-refractivity contribution in [3.63, 3.8) is 0 Å². The molecule has 3 nitrogen and oxygen atoms in total. The average Bonchev–Trinajstić information content (AvgIpc) is 2.68.